The van der Waals surface area contributed by atoms with Gasteiger partial charge in [-0.05, 0) is 17.9 Å². The molecular formula is C13H19N3O4. The van der Waals surface area contributed by atoms with Crippen LogP contribution < -0.4 is 10.9 Å². The number of carboxylic acid groups (broad SMARTS) is 1. The minimum absolute atomic E-state index is 0.0201. The number of nitrogens with zero attached hydrogens (tertiary/aromatic N) is 1. The standard InChI is InChI=1S/C13H19N3O4/c1-13(2,3)6-8(12(19)20)7-14-11(18)9-4-5-10(17)16-15-9/h4-5,8H,6-7H2,1-3H3,(H,14,18)(H,16,17)(H,19,20). The monoisotopic (exact) mass is 281 g/mol. The van der Waals surface area contributed by atoms with Gasteiger partial charge in [0.1, 0.15) is 5.69 Å². The third kappa shape index (κ3) is 5.21. The van der Waals surface area contributed by atoms with Crippen molar-refractivity contribution in [1.82, 2.24) is 15.5 Å². The van der Waals surface area contributed by atoms with Gasteiger partial charge in [0.25, 0.3) is 11.5 Å². The molecule has 0 bridgehead atoms. The smallest absolute Gasteiger partial charge is 0.308 e. The second kappa shape index (κ2) is 6.31. The SMILES string of the molecule is CC(C)(C)CC(CNC(=O)c1ccc(=O)[nH]n1)C(=O)O. The highest BCUT2D eigenvalue weighted by Gasteiger charge is 2.25. The number of aromatic amines is 1. The first-order valence-corrected chi connectivity index (χ1v) is 6.26. The first-order valence-electron chi connectivity index (χ1n) is 6.26. The number of aliphatic carboxylic acids is 1. The van der Waals surface area contributed by atoms with Crippen LogP contribution in [0.4, 0.5) is 0 Å². The molecule has 1 aromatic rings. The van der Waals surface area contributed by atoms with Crippen LogP contribution in [0.3, 0.4) is 0 Å². The number of carbonyl (C=O) groups is 2. The Bertz CT molecular complexity index is 525. The van der Waals surface area contributed by atoms with Crippen molar-refractivity contribution < 1.29 is 14.7 Å². The van der Waals surface area contributed by atoms with Crippen molar-refractivity contribution in [2.24, 2.45) is 11.3 Å². The minimum Gasteiger partial charge on any atom is -0.481 e. The van der Waals surface area contributed by atoms with E-state index in [0.717, 1.165) is 0 Å². The van der Waals surface area contributed by atoms with Gasteiger partial charge < -0.3 is 10.4 Å². The first kappa shape index (κ1) is 15.9. The Morgan fingerprint density at radius 3 is 2.50 bits per heavy atom. The lowest BCUT2D eigenvalue weighted by atomic mass is 9.84. The number of hydrogen-bond donors (Lipinski definition) is 3. The second-order valence-electron chi connectivity index (χ2n) is 5.82. The lowest BCUT2D eigenvalue weighted by Gasteiger charge is -2.23. The molecule has 20 heavy (non-hydrogen) atoms. The largest absolute Gasteiger partial charge is 0.481 e. The Morgan fingerprint density at radius 1 is 1.40 bits per heavy atom. The molecule has 0 aliphatic heterocycles. The highest BCUT2D eigenvalue weighted by Crippen LogP contribution is 2.24. The Hall–Kier alpha value is -2.18. The molecule has 1 unspecified atom stereocenters. The van der Waals surface area contributed by atoms with E-state index in [0.29, 0.717) is 6.42 Å². The number of carbonyl (C=O) groups excluding carboxylic acids is 1. The molecule has 0 spiro atoms. The van der Waals surface area contributed by atoms with Crippen molar-refractivity contribution in [3.8, 4) is 0 Å². The van der Waals surface area contributed by atoms with Crippen molar-refractivity contribution in [3.63, 3.8) is 0 Å². The molecule has 7 heteroatoms. The van der Waals surface area contributed by atoms with Crippen LogP contribution >= 0.6 is 0 Å². The van der Waals surface area contributed by atoms with E-state index in [1.165, 1.54) is 12.1 Å². The van der Waals surface area contributed by atoms with Crippen LogP contribution in [0.15, 0.2) is 16.9 Å². The molecule has 1 amide bonds. The zero-order valence-corrected chi connectivity index (χ0v) is 11.8. The maximum absolute atomic E-state index is 11.8. The van der Waals surface area contributed by atoms with Crippen LogP contribution in [0.25, 0.3) is 0 Å². The molecule has 0 fully saturated rings. The summed E-state index contributed by atoms with van der Waals surface area (Å²) in [5, 5.41) is 17.4. The van der Waals surface area contributed by atoms with Gasteiger partial charge in [-0.15, -0.1) is 0 Å². The zero-order chi connectivity index (χ0) is 15.3. The predicted octanol–water partition coefficient (Wildman–Crippen LogP) is 0.637. The van der Waals surface area contributed by atoms with Gasteiger partial charge in [0.15, 0.2) is 0 Å². The van der Waals surface area contributed by atoms with Crippen molar-refractivity contribution in [2.45, 2.75) is 27.2 Å². The first-order chi connectivity index (χ1) is 9.19. The number of H-pyrrole nitrogens is 1. The van der Waals surface area contributed by atoms with Gasteiger partial charge in [-0.2, -0.15) is 5.10 Å². The van der Waals surface area contributed by atoms with E-state index >= 15 is 0 Å². The summed E-state index contributed by atoms with van der Waals surface area (Å²) in [6.45, 7) is 5.84. The fourth-order valence-electron chi connectivity index (χ4n) is 1.76. The van der Waals surface area contributed by atoms with Gasteiger partial charge in [-0.1, -0.05) is 20.8 Å². The number of hydrogen-bond acceptors (Lipinski definition) is 4. The second-order valence-corrected chi connectivity index (χ2v) is 5.82. The maximum atomic E-state index is 11.8. The number of amides is 1. The quantitative estimate of drug-likeness (QED) is 0.733. The van der Waals surface area contributed by atoms with Crippen molar-refractivity contribution in [2.75, 3.05) is 6.54 Å². The average molecular weight is 281 g/mol. The van der Waals surface area contributed by atoms with Crippen molar-refractivity contribution in [3.05, 3.63) is 28.2 Å². The van der Waals surface area contributed by atoms with E-state index in [1.807, 2.05) is 20.8 Å². The number of nitrogens with one attached hydrogen (secondary N) is 2. The highest BCUT2D eigenvalue weighted by molar-refractivity contribution is 5.92. The molecule has 0 radical (unpaired) electrons. The Kier molecular flexibility index (Phi) is 5.01. The molecule has 0 aliphatic rings. The molecule has 110 valence electrons. The number of carboxylic acids is 1. The summed E-state index contributed by atoms with van der Waals surface area (Å²) in [5.74, 6) is -2.13. The molecule has 0 aliphatic carbocycles. The molecule has 1 heterocycles. The maximum Gasteiger partial charge on any atom is 0.308 e. The summed E-state index contributed by atoms with van der Waals surface area (Å²) < 4.78 is 0. The van der Waals surface area contributed by atoms with Crippen molar-refractivity contribution in [1.29, 1.82) is 0 Å². The lowest BCUT2D eigenvalue weighted by Crippen LogP contribution is -2.35. The van der Waals surface area contributed by atoms with Gasteiger partial charge in [0, 0.05) is 12.6 Å². The zero-order valence-electron chi connectivity index (χ0n) is 11.8. The molecule has 7 nitrogen and oxygen atoms in total. The van der Waals surface area contributed by atoms with Gasteiger partial charge in [0.2, 0.25) is 0 Å². The fourth-order valence-corrected chi connectivity index (χ4v) is 1.76. The summed E-state index contributed by atoms with van der Waals surface area (Å²) >= 11 is 0. The number of rotatable bonds is 5. The van der Waals surface area contributed by atoms with Crippen LogP contribution in [-0.4, -0.2) is 33.7 Å². The molecule has 1 rings (SSSR count). The van der Waals surface area contributed by atoms with E-state index in [4.69, 9.17) is 5.11 Å². The molecule has 0 saturated carbocycles. The minimum atomic E-state index is -0.949. The normalized spacial score (nSPS) is 12.8. The average Bonchev–Trinajstić information content (AvgIpc) is 2.33. The summed E-state index contributed by atoms with van der Waals surface area (Å²) in [7, 11) is 0. The molecular weight excluding hydrogens is 262 g/mol. The van der Waals surface area contributed by atoms with E-state index in [1.54, 1.807) is 0 Å². The van der Waals surface area contributed by atoms with Crippen LogP contribution in [0.2, 0.25) is 0 Å². The van der Waals surface area contributed by atoms with Gasteiger partial charge in [-0.25, -0.2) is 5.10 Å². The lowest BCUT2D eigenvalue weighted by molar-refractivity contribution is -0.142. The summed E-state index contributed by atoms with van der Waals surface area (Å²) in [6, 6.07) is 2.47. The number of aromatic nitrogens is 2. The molecule has 1 atom stereocenters. The van der Waals surface area contributed by atoms with Crippen molar-refractivity contribution >= 4 is 11.9 Å². The predicted molar refractivity (Wildman–Crippen MR) is 72.4 cm³/mol. The van der Waals surface area contributed by atoms with Crippen LogP contribution in [0.5, 0.6) is 0 Å². The summed E-state index contributed by atoms with van der Waals surface area (Å²) in [4.78, 5) is 33.7. The third-order valence-electron chi connectivity index (χ3n) is 2.63. The van der Waals surface area contributed by atoms with E-state index in [-0.39, 0.29) is 17.7 Å². The fraction of sp³-hybridized carbons (Fsp3) is 0.538. The summed E-state index contributed by atoms with van der Waals surface area (Å²) in [5.41, 5.74) is -0.508. The van der Waals surface area contributed by atoms with Gasteiger partial charge in [0.05, 0.1) is 5.92 Å². The van der Waals surface area contributed by atoms with E-state index in [2.05, 4.69) is 15.5 Å². The summed E-state index contributed by atoms with van der Waals surface area (Å²) in [6.07, 6.45) is 0.446. The Morgan fingerprint density at radius 2 is 2.05 bits per heavy atom. The van der Waals surface area contributed by atoms with Gasteiger partial charge in [-0.3, -0.25) is 14.4 Å². The third-order valence-corrected chi connectivity index (χ3v) is 2.63. The highest BCUT2D eigenvalue weighted by atomic mass is 16.4. The molecule has 1 aromatic heterocycles. The molecule has 0 aromatic carbocycles. The Labute approximate surface area is 116 Å². The Balaban J connectivity index is 2.63. The van der Waals surface area contributed by atoms with Crippen LogP contribution in [0, 0.1) is 11.3 Å². The van der Waals surface area contributed by atoms with Crippen LogP contribution in [0.1, 0.15) is 37.7 Å². The van der Waals surface area contributed by atoms with Crippen LogP contribution in [-0.2, 0) is 4.79 Å². The van der Waals surface area contributed by atoms with Gasteiger partial charge >= 0.3 is 5.97 Å². The molecule has 0 saturated heterocycles. The van der Waals surface area contributed by atoms with E-state index in [9.17, 15) is 14.4 Å². The van der Waals surface area contributed by atoms with E-state index < -0.39 is 23.4 Å². The topological polar surface area (TPSA) is 112 Å². The molecule has 3 N–H and O–H groups in total.